The number of nitrogens with zero attached hydrogens (tertiary/aromatic N) is 2. The van der Waals surface area contributed by atoms with E-state index >= 15 is 0 Å². The maximum atomic E-state index is 13.5. The Morgan fingerprint density at radius 3 is 2.18 bits per heavy atom. The van der Waals surface area contributed by atoms with Crippen molar-refractivity contribution in [1.82, 2.24) is 15.1 Å². The van der Waals surface area contributed by atoms with Gasteiger partial charge >= 0.3 is 5.97 Å². The van der Waals surface area contributed by atoms with Gasteiger partial charge in [0.1, 0.15) is 6.04 Å². The average Bonchev–Trinajstić information content (AvgIpc) is 2.73. The molecule has 0 unspecified atom stereocenters. The predicted octanol–water partition coefficient (Wildman–Crippen LogP) is 3.63. The fourth-order valence-corrected chi connectivity index (χ4v) is 4.49. The summed E-state index contributed by atoms with van der Waals surface area (Å²) in [4.78, 5) is 42.9. The summed E-state index contributed by atoms with van der Waals surface area (Å²) >= 11 is 0. The second kappa shape index (κ2) is 13.1. The van der Waals surface area contributed by atoms with E-state index in [0.29, 0.717) is 18.1 Å². The van der Waals surface area contributed by atoms with E-state index in [4.69, 9.17) is 4.74 Å². The van der Waals surface area contributed by atoms with Crippen LogP contribution in [0.4, 0.5) is 0 Å². The second-order valence-electron chi connectivity index (χ2n) is 10.5. The van der Waals surface area contributed by atoms with Gasteiger partial charge < -0.3 is 15.0 Å². The molecule has 1 aliphatic heterocycles. The second-order valence-corrected chi connectivity index (χ2v) is 10.5. The number of hydrogen-bond donors (Lipinski definition) is 1. The molecule has 0 aromatic heterocycles. The third kappa shape index (κ3) is 8.13. The molecule has 0 aromatic carbocycles. The van der Waals surface area contributed by atoms with Crippen LogP contribution in [0.5, 0.6) is 0 Å². The molecule has 0 radical (unpaired) electrons. The molecule has 0 saturated carbocycles. The molecule has 0 aromatic rings. The Hall–Kier alpha value is -1.89. The van der Waals surface area contributed by atoms with Crippen LogP contribution in [-0.2, 0) is 19.1 Å². The van der Waals surface area contributed by atoms with Gasteiger partial charge in [-0.15, -0.1) is 0 Å². The first-order valence-corrected chi connectivity index (χ1v) is 12.5. The molecule has 7 heteroatoms. The van der Waals surface area contributed by atoms with Crippen molar-refractivity contribution in [2.45, 2.75) is 99.3 Å². The van der Waals surface area contributed by atoms with Gasteiger partial charge in [0.25, 0.3) is 0 Å². The summed E-state index contributed by atoms with van der Waals surface area (Å²) in [6.07, 6.45) is 3.60. The number of likely N-dealkylation sites (tertiary alicyclic amines) is 1. The van der Waals surface area contributed by atoms with Crippen LogP contribution in [0.1, 0.15) is 75.2 Å². The zero-order chi connectivity index (χ0) is 25.5. The smallest absolute Gasteiger partial charge is 0.333 e. The van der Waals surface area contributed by atoms with Crippen molar-refractivity contribution in [3.8, 4) is 0 Å². The van der Waals surface area contributed by atoms with Crippen molar-refractivity contribution in [1.29, 1.82) is 0 Å². The first-order chi connectivity index (χ1) is 15.3. The van der Waals surface area contributed by atoms with Crippen molar-refractivity contribution < 1.29 is 19.1 Å². The van der Waals surface area contributed by atoms with Gasteiger partial charge in [-0.25, -0.2) is 4.79 Å². The Morgan fingerprint density at radius 1 is 1.09 bits per heavy atom. The fraction of sp³-hybridized carbons (Fsp3) is 0.808. The lowest BCUT2D eigenvalue weighted by Gasteiger charge is -2.41. The number of amides is 2. The van der Waals surface area contributed by atoms with Gasteiger partial charge in [-0.05, 0) is 58.3 Å². The number of likely N-dealkylation sites (N-methyl/N-ethyl adjacent to an activating group) is 1. The van der Waals surface area contributed by atoms with E-state index in [1.165, 1.54) is 0 Å². The molecule has 1 fully saturated rings. The Morgan fingerprint density at radius 2 is 1.70 bits per heavy atom. The molecule has 0 aliphatic carbocycles. The van der Waals surface area contributed by atoms with Crippen LogP contribution in [0.15, 0.2) is 11.6 Å². The molecule has 190 valence electrons. The van der Waals surface area contributed by atoms with Crippen LogP contribution >= 0.6 is 0 Å². The summed E-state index contributed by atoms with van der Waals surface area (Å²) in [7, 11) is 1.74. The Bertz CT molecular complexity index is 702. The number of carbonyl (C=O) groups excluding carboxylic acids is 3. The van der Waals surface area contributed by atoms with Crippen LogP contribution in [0.3, 0.4) is 0 Å². The SMILES string of the molecule is CCOC(=O)C(C)=C[C@H](C(C)C)N(C)C(=O)[C@@H](NC(=O)[C@@H]1CC[C@H](C)CN1C(C)C)C(C)C. The summed E-state index contributed by atoms with van der Waals surface area (Å²) in [6, 6.07) is -0.871. The predicted molar refractivity (Wildman–Crippen MR) is 133 cm³/mol. The number of rotatable bonds is 10. The molecule has 4 atom stereocenters. The molecule has 1 rings (SSSR count). The lowest BCUT2D eigenvalue weighted by Crippen LogP contribution is -2.59. The van der Waals surface area contributed by atoms with Crippen molar-refractivity contribution in [2.75, 3.05) is 20.2 Å². The monoisotopic (exact) mass is 465 g/mol. The Balaban J connectivity index is 3.07. The molecule has 7 nitrogen and oxygen atoms in total. The molecule has 2 amide bonds. The van der Waals surface area contributed by atoms with Crippen molar-refractivity contribution >= 4 is 17.8 Å². The van der Waals surface area contributed by atoms with Gasteiger partial charge in [-0.3, -0.25) is 14.5 Å². The van der Waals surface area contributed by atoms with Crippen molar-refractivity contribution in [2.24, 2.45) is 17.8 Å². The highest BCUT2D eigenvalue weighted by molar-refractivity contribution is 5.91. The highest BCUT2D eigenvalue weighted by atomic mass is 16.5. The number of esters is 1. The lowest BCUT2D eigenvalue weighted by molar-refractivity contribution is -0.140. The van der Waals surface area contributed by atoms with Crippen LogP contribution in [0.25, 0.3) is 0 Å². The first kappa shape index (κ1) is 29.1. The quantitative estimate of drug-likeness (QED) is 0.394. The number of nitrogens with one attached hydrogen (secondary N) is 1. The van der Waals surface area contributed by atoms with Crippen LogP contribution in [-0.4, -0.2) is 72.0 Å². The third-order valence-electron chi connectivity index (χ3n) is 6.55. The molecule has 0 bridgehead atoms. The van der Waals surface area contributed by atoms with E-state index in [1.807, 2.05) is 27.7 Å². The highest BCUT2D eigenvalue weighted by Crippen LogP contribution is 2.24. The summed E-state index contributed by atoms with van der Waals surface area (Å²) in [5, 5.41) is 3.07. The largest absolute Gasteiger partial charge is 0.463 e. The molecule has 33 heavy (non-hydrogen) atoms. The molecule has 1 saturated heterocycles. The summed E-state index contributed by atoms with van der Waals surface area (Å²) < 4.78 is 5.09. The van der Waals surface area contributed by atoms with Crippen molar-refractivity contribution in [3.63, 3.8) is 0 Å². The minimum Gasteiger partial charge on any atom is -0.463 e. The summed E-state index contributed by atoms with van der Waals surface area (Å²) in [5.41, 5.74) is 0.476. The zero-order valence-electron chi connectivity index (χ0n) is 22.5. The molecule has 1 aliphatic rings. The number of carbonyl (C=O) groups is 3. The Labute approximate surface area is 201 Å². The minimum absolute atomic E-state index is 0.0677. The molecular weight excluding hydrogens is 418 g/mol. The van der Waals surface area contributed by atoms with Gasteiger partial charge in [0, 0.05) is 25.2 Å². The topological polar surface area (TPSA) is 79.0 Å². The van der Waals surface area contributed by atoms with Gasteiger partial charge in [-0.2, -0.15) is 0 Å². The van der Waals surface area contributed by atoms with E-state index in [1.54, 1.807) is 31.9 Å². The number of hydrogen-bond acceptors (Lipinski definition) is 5. The third-order valence-corrected chi connectivity index (χ3v) is 6.55. The van der Waals surface area contributed by atoms with E-state index in [9.17, 15) is 14.4 Å². The normalized spacial score (nSPS) is 21.8. The average molecular weight is 466 g/mol. The zero-order valence-corrected chi connectivity index (χ0v) is 22.5. The van der Waals surface area contributed by atoms with Crippen LogP contribution < -0.4 is 5.32 Å². The standard InChI is InChI=1S/C26H47N3O4/c1-11-33-26(32)20(9)14-22(16(2)3)28(10)25(31)23(17(4)5)27-24(30)21-13-12-19(8)15-29(21)18(6)7/h14,16-19,21-23H,11-13,15H2,1-10H3,(H,27,30)/t19-,21-,22+,23-/m0/s1. The summed E-state index contributed by atoms with van der Waals surface area (Å²) in [6.45, 7) is 19.0. The van der Waals surface area contributed by atoms with Crippen LogP contribution in [0.2, 0.25) is 0 Å². The van der Waals surface area contributed by atoms with Gasteiger partial charge in [0.15, 0.2) is 0 Å². The maximum absolute atomic E-state index is 13.5. The first-order valence-electron chi connectivity index (χ1n) is 12.5. The van der Waals surface area contributed by atoms with Gasteiger partial charge in [0.05, 0.1) is 18.7 Å². The lowest BCUT2D eigenvalue weighted by atomic mass is 9.91. The molecule has 1 N–H and O–H groups in total. The number of ether oxygens (including phenoxy) is 1. The Kier molecular flexibility index (Phi) is 11.6. The molecule has 1 heterocycles. The highest BCUT2D eigenvalue weighted by Gasteiger charge is 2.37. The van der Waals surface area contributed by atoms with E-state index in [2.05, 4.69) is 31.0 Å². The van der Waals surface area contributed by atoms with Crippen molar-refractivity contribution in [3.05, 3.63) is 11.6 Å². The van der Waals surface area contributed by atoms with E-state index < -0.39 is 6.04 Å². The summed E-state index contributed by atoms with van der Waals surface area (Å²) in [5.74, 6) is -0.0186. The molecular formula is C26H47N3O4. The van der Waals surface area contributed by atoms with Gasteiger partial charge in [-0.1, -0.05) is 40.7 Å². The van der Waals surface area contributed by atoms with Crippen LogP contribution in [0, 0.1) is 17.8 Å². The van der Waals surface area contributed by atoms with Gasteiger partial charge in [0.2, 0.25) is 11.8 Å². The fourth-order valence-electron chi connectivity index (χ4n) is 4.49. The van der Waals surface area contributed by atoms with E-state index in [-0.39, 0.29) is 47.7 Å². The van der Waals surface area contributed by atoms with E-state index in [0.717, 1.165) is 19.4 Å². The minimum atomic E-state index is -0.631. The number of piperidine rings is 1. The molecule has 0 spiro atoms. The maximum Gasteiger partial charge on any atom is 0.333 e.